The molecule has 5 heteroatoms. The maximum atomic E-state index is 11.5. The number of nitrogens with two attached hydrogens (primary N) is 1. The maximum absolute atomic E-state index is 11.5. The predicted octanol–water partition coefficient (Wildman–Crippen LogP) is 0.553. The smallest absolute Gasteiger partial charge is 0.255 e. The number of amides is 2. The fourth-order valence-corrected chi connectivity index (χ4v) is 1.20. The summed E-state index contributed by atoms with van der Waals surface area (Å²) in [7, 11) is 0. The topological polar surface area (TPSA) is 84.2 Å². The van der Waals surface area contributed by atoms with E-state index in [4.69, 9.17) is 5.73 Å². The van der Waals surface area contributed by atoms with Crippen LogP contribution in [0.2, 0.25) is 0 Å². The van der Waals surface area contributed by atoms with Gasteiger partial charge < -0.3 is 5.73 Å². The van der Waals surface area contributed by atoms with Crippen LogP contribution in [0.3, 0.4) is 0 Å². The third-order valence-corrected chi connectivity index (χ3v) is 2.50. The number of carbonyl (C=O) groups is 2. The van der Waals surface area contributed by atoms with E-state index in [2.05, 4.69) is 10.9 Å². The summed E-state index contributed by atoms with van der Waals surface area (Å²) in [6.45, 7) is 7.54. The monoisotopic (exact) mass is 229 g/mol. The number of hydrogen-bond donors (Lipinski definition) is 3. The van der Waals surface area contributed by atoms with Gasteiger partial charge in [-0.2, -0.15) is 0 Å². The summed E-state index contributed by atoms with van der Waals surface area (Å²) in [4.78, 5) is 22.9. The molecule has 16 heavy (non-hydrogen) atoms. The Kier molecular flexibility index (Phi) is 6.72. The first kappa shape index (κ1) is 14.9. The van der Waals surface area contributed by atoms with E-state index >= 15 is 0 Å². The molecule has 0 rings (SSSR count). The Balaban J connectivity index is 3.96. The summed E-state index contributed by atoms with van der Waals surface area (Å²) in [5.74, 6) is -0.580. The van der Waals surface area contributed by atoms with Crippen molar-refractivity contribution in [2.75, 3.05) is 0 Å². The van der Waals surface area contributed by atoms with E-state index in [-0.39, 0.29) is 23.7 Å². The van der Waals surface area contributed by atoms with Crippen LogP contribution in [0.25, 0.3) is 0 Å². The van der Waals surface area contributed by atoms with Crippen molar-refractivity contribution in [1.29, 1.82) is 0 Å². The highest BCUT2D eigenvalue weighted by molar-refractivity contribution is 5.85. The van der Waals surface area contributed by atoms with Gasteiger partial charge in [-0.15, -0.1) is 0 Å². The van der Waals surface area contributed by atoms with Crippen LogP contribution in [0, 0.1) is 11.8 Å². The molecule has 0 saturated heterocycles. The second kappa shape index (κ2) is 7.22. The number of nitrogens with one attached hydrogen (secondary N) is 2. The minimum Gasteiger partial charge on any atom is -0.320 e. The van der Waals surface area contributed by atoms with Gasteiger partial charge in [0.2, 0.25) is 5.91 Å². The van der Waals surface area contributed by atoms with Crippen molar-refractivity contribution in [3.63, 3.8) is 0 Å². The van der Waals surface area contributed by atoms with Crippen molar-refractivity contribution in [2.45, 2.75) is 46.6 Å². The van der Waals surface area contributed by atoms with Gasteiger partial charge in [0, 0.05) is 5.92 Å². The average molecular weight is 229 g/mol. The molecule has 0 radical (unpaired) electrons. The van der Waals surface area contributed by atoms with E-state index in [9.17, 15) is 9.59 Å². The molecule has 1 unspecified atom stereocenters. The van der Waals surface area contributed by atoms with Gasteiger partial charge in [-0.05, 0) is 12.3 Å². The van der Waals surface area contributed by atoms with E-state index in [0.717, 1.165) is 12.8 Å². The maximum Gasteiger partial charge on any atom is 0.255 e. The fourth-order valence-electron chi connectivity index (χ4n) is 1.20. The lowest BCUT2D eigenvalue weighted by atomic mass is 10.1. The number of hydrogen-bond acceptors (Lipinski definition) is 3. The minimum absolute atomic E-state index is 0.0463. The molecular weight excluding hydrogens is 206 g/mol. The second-order valence-electron chi connectivity index (χ2n) is 4.44. The summed E-state index contributed by atoms with van der Waals surface area (Å²) < 4.78 is 0. The van der Waals surface area contributed by atoms with Crippen molar-refractivity contribution in [3.8, 4) is 0 Å². The molecule has 0 aliphatic heterocycles. The van der Waals surface area contributed by atoms with Crippen molar-refractivity contribution in [3.05, 3.63) is 0 Å². The SMILES string of the molecule is CCCC(C)C(=O)NNC(=O)[C@@H](N)C(C)C. The Morgan fingerprint density at radius 1 is 1.12 bits per heavy atom. The molecule has 94 valence electrons. The fraction of sp³-hybridized carbons (Fsp3) is 0.818. The zero-order chi connectivity index (χ0) is 12.7. The first-order valence-electron chi connectivity index (χ1n) is 5.75. The molecule has 0 aromatic heterocycles. The summed E-state index contributed by atoms with van der Waals surface area (Å²) in [6.07, 6.45) is 1.74. The van der Waals surface area contributed by atoms with E-state index in [1.54, 1.807) is 0 Å². The zero-order valence-corrected chi connectivity index (χ0v) is 10.5. The Morgan fingerprint density at radius 2 is 1.62 bits per heavy atom. The molecule has 5 nitrogen and oxygen atoms in total. The van der Waals surface area contributed by atoms with Gasteiger partial charge in [0.25, 0.3) is 5.91 Å². The lowest BCUT2D eigenvalue weighted by Gasteiger charge is -2.17. The third-order valence-electron chi connectivity index (χ3n) is 2.50. The van der Waals surface area contributed by atoms with Crippen molar-refractivity contribution in [1.82, 2.24) is 10.9 Å². The molecule has 0 aliphatic carbocycles. The average Bonchev–Trinajstić information content (AvgIpc) is 2.24. The highest BCUT2D eigenvalue weighted by atomic mass is 16.2. The summed E-state index contributed by atoms with van der Waals surface area (Å²) >= 11 is 0. The molecule has 0 aliphatic rings. The normalized spacial score (nSPS) is 14.4. The quantitative estimate of drug-likeness (QED) is 0.602. The Hall–Kier alpha value is -1.10. The van der Waals surface area contributed by atoms with Gasteiger partial charge in [-0.3, -0.25) is 20.4 Å². The Bertz CT molecular complexity index is 241. The molecule has 2 amide bonds. The molecular formula is C11H23N3O2. The standard InChI is InChI=1S/C11H23N3O2/c1-5-6-8(4)10(15)13-14-11(16)9(12)7(2)3/h7-9H,5-6,12H2,1-4H3,(H,13,15)(H,14,16)/t8?,9-/m0/s1. The Morgan fingerprint density at radius 3 is 2.06 bits per heavy atom. The Labute approximate surface area is 97.1 Å². The van der Waals surface area contributed by atoms with Crippen molar-refractivity contribution in [2.24, 2.45) is 17.6 Å². The molecule has 0 bridgehead atoms. The van der Waals surface area contributed by atoms with Gasteiger partial charge in [-0.25, -0.2) is 0 Å². The van der Waals surface area contributed by atoms with Crippen molar-refractivity contribution < 1.29 is 9.59 Å². The molecule has 0 spiro atoms. The number of hydrazine groups is 1. The first-order valence-corrected chi connectivity index (χ1v) is 5.75. The lowest BCUT2D eigenvalue weighted by molar-refractivity contribution is -0.132. The van der Waals surface area contributed by atoms with Gasteiger partial charge in [0.1, 0.15) is 0 Å². The molecule has 0 saturated carbocycles. The molecule has 2 atom stereocenters. The van der Waals surface area contributed by atoms with Gasteiger partial charge in [0.15, 0.2) is 0 Å². The third kappa shape index (κ3) is 5.11. The van der Waals surface area contributed by atoms with Crippen LogP contribution < -0.4 is 16.6 Å². The van der Waals surface area contributed by atoms with Crippen LogP contribution in [-0.2, 0) is 9.59 Å². The highest BCUT2D eigenvalue weighted by Crippen LogP contribution is 2.03. The summed E-state index contributed by atoms with van der Waals surface area (Å²) in [5.41, 5.74) is 10.3. The van der Waals surface area contributed by atoms with Crippen LogP contribution >= 0.6 is 0 Å². The number of rotatable bonds is 5. The van der Waals surface area contributed by atoms with E-state index in [1.807, 2.05) is 27.7 Å². The first-order chi connectivity index (χ1) is 7.40. The molecule has 0 aromatic carbocycles. The summed E-state index contributed by atoms with van der Waals surface area (Å²) in [5, 5.41) is 0. The zero-order valence-electron chi connectivity index (χ0n) is 10.5. The molecule has 0 aromatic rings. The van der Waals surface area contributed by atoms with Gasteiger partial charge in [-0.1, -0.05) is 34.1 Å². The van der Waals surface area contributed by atoms with Gasteiger partial charge in [0.05, 0.1) is 6.04 Å². The van der Waals surface area contributed by atoms with E-state index < -0.39 is 6.04 Å². The second-order valence-corrected chi connectivity index (χ2v) is 4.44. The molecule has 0 fully saturated rings. The lowest BCUT2D eigenvalue weighted by Crippen LogP contribution is -2.52. The number of carbonyl (C=O) groups excluding carboxylic acids is 2. The van der Waals surface area contributed by atoms with Crippen LogP contribution in [-0.4, -0.2) is 17.9 Å². The largest absolute Gasteiger partial charge is 0.320 e. The molecule has 4 N–H and O–H groups in total. The van der Waals surface area contributed by atoms with Crippen molar-refractivity contribution >= 4 is 11.8 Å². The minimum atomic E-state index is -0.596. The van der Waals surface area contributed by atoms with Crippen LogP contribution in [0.1, 0.15) is 40.5 Å². The highest BCUT2D eigenvalue weighted by Gasteiger charge is 2.18. The van der Waals surface area contributed by atoms with E-state index in [1.165, 1.54) is 0 Å². The van der Waals surface area contributed by atoms with E-state index in [0.29, 0.717) is 0 Å². The van der Waals surface area contributed by atoms with Crippen LogP contribution in [0.15, 0.2) is 0 Å². The van der Waals surface area contributed by atoms with Gasteiger partial charge >= 0.3 is 0 Å². The van der Waals surface area contributed by atoms with Crippen LogP contribution in [0.4, 0.5) is 0 Å². The van der Waals surface area contributed by atoms with Crippen LogP contribution in [0.5, 0.6) is 0 Å². The predicted molar refractivity (Wildman–Crippen MR) is 63.2 cm³/mol. The molecule has 0 heterocycles. The summed E-state index contributed by atoms with van der Waals surface area (Å²) in [6, 6.07) is -0.596.